The van der Waals surface area contributed by atoms with Gasteiger partial charge in [0.2, 0.25) is 0 Å². The number of nitrogens with zero attached hydrogens (tertiary/aromatic N) is 3. The molecule has 0 aliphatic carbocycles. The van der Waals surface area contributed by atoms with E-state index in [1.165, 1.54) is 0 Å². The summed E-state index contributed by atoms with van der Waals surface area (Å²) >= 11 is 0. The van der Waals surface area contributed by atoms with Crippen LogP contribution in [0.5, 0.6) is 0 Å². The highest BCUT2D eigenvalue weighted by Crippen LogP contribution is 2.27. The summed E-state index contributed by atoms with van der Waals surface area (Å²) in [6, 6.07) is 11.9. The lowest BCUT2D eigenvalue weighted by Crippen LogP contribution is -2.03. The van der Waals surface area contributed by atoms with Crippen molar-refractivity contribution in [2.45, 2.75) is 6.61 Å². The average molecular weight is 280 g/mol. The van der Waals surface area contributed by atoms with Gasteiger partial charge in [-0.15, -0.1) is 0 Å². The number of rotatable bonds is 4. The quantitative estimate of drug-likeness (QED) is 0.798. The number of methoxy groups -OCH3 is 1. The number of hydrogen-bond donors (Lipinski definition) is 1. The molecule has 0 spiro atoms. The number of pyridine rings is 1. The van der Waals surface area contributed by atoms with Crippen LogP contribution < -0.4 is 5.73 Å². The molecule has 5 heteroatoms. The zero-order valence-corrected chi connectivity index (χ0v) is 11.7. The second kappa shape index (κ2) is 5.76. The first-order valence-corrected chi connectivity index (χ1v) is 6.61. The van der Waals surface area contributed by atoms with Gasteiger partial charge in [0, 0.05) is 24.4 Å². The van der Waals surface area contributed by atoms with Gasteiger partial charge in [0.25, 0.3) is 0 Å². The van der Waals surface area contributed by atoms with Crippen LogP contribution in [0.25, 0.3) is 16.9 Å². The first kappa shape index (κ1) is 13.3. The molecule has 21 heavy (non-hydrogen) atoms. The Bertz CT molecular complexity index is 751. The normalized spacial score (nSPS) is 10.7. The van der Waals surface area contributed by atoms with Crippen LogP contribution in [0.1, 0.15) is 5.56 Å². The van der Waals surface area contributed by atoms with Gasteiger partial charge in [0.1, 0.15) is 5.82 Å². The molecule has 0 radical (unpaired) electrons. The molecule has 0 aliphatic heterocycles. The largest absolute Gasteiger partial charge is 0.383 e. The molecule has 2 heterocycles. The third-order valence-corrected chi connectivity index (χ3v) is 3.30. The number of aromatic nitrogens is 3. The van der Waals surface area contributed by atoms with Crippen molar-refractivity contribution in [1.29, 1.82) is 0 Å². The lowest BCUT2D eigenvalue weighted by Gasteiger charge is -2.13. The van der Waals surface area contributed by atoms with E-state index >= 15 is 0 Å². The van der Waals surface area contributed by atoms with Crippen LogP contribution in [0.4, 0.5) is 5.82 Å². The summed E-state index contributed by atoms with van der Waals surface area (Å²) < 4.78 is 7.27. The maximum absolute atomic E-state index is 5.98. The number of para-hydroxylation sites is 1. The van der Waals surface area contributed by atoms with Crippen LogP contribution in [0.15, 0.2) is 55.1 Å². The molecule has 106 valence electrons. The predicted octanol–water partition coefficient (Wildman–Crippen LogP) is 2.66. The van der Waals surface area contributed by atoms with E-state index in [0.717, 1.165) is 22.5 Å². The second-order valence-corrected chi connectivity index (χ2v) is 4.65. The van der Waals surface area contributed by atoms with Gasteiger partial charge >= 0.3 is 0 Å². The molecule has 0 aliphatic rings. The highest BCUT2D eigenvalue weighted by Gasteiger charge is 2.12. The molecule has 0 unspecified atom stereocenters. The summed E-state index contributed by atoms with van der Waals surface area (Å²) in [6.45, 7) is 0.538. The molecule has 1 aromatic carbocycles. The Labute approximate surface area is 123 Å². The van der Waals surface area contributed by atoms with Crippen LogP contribution in [0.3, 0.4) is 0 Å². The number of benzene rings is 1. The maximum Gasteiger partial charge on any atom is 0.132 e. The Hall–Kier alpha value is -2.66. The van der Waals surface area contributed by atoms with Gasteiger partial charge in [-0.05, 0) is 18.2 Å². The van der Waals surface area contributed by atoms with Crippen molar-refractivity contribution in [3.63, 3.8) is 0 Å². The Morgan fingerprint density at radius 2 is 2.05 bits per heavy atom. The highest BCUT2D eigenvalue weighted by molar-refractivity contribution is 5.72. The fourth-order valence-corrected chi connectivity index (χ4v) is 2.34. The smallest absolute Gasteiger partial charge is 0.132 e. The number of nitrogen functional groups attached to an aromatic ring is 1. The van der Waals surface area contributed by atoms with Crippen molar-refractivity contribution >= 4 is 5.82 Å². The molecule has 0 saturated carbocycles. The minimum absolute atomic E-state index is 0.489. The van der Waals surface area contributed by atoms with Gasteiger partial charge in [0.15, 0.2) is 0 Å². The van der Waals surface area contributed by atoms with E-state index in [9.17, 15) is 0 Å². The van der Waals surface area contributed by atoms with Crippen molar-refractivity contribution in [1.82, 2.24) is 14.5 Å². The predicted molar refractivity (Wildman–Crippen MR) is 81.9 cm³/mol. The van der Waals surface area contributed by atoms with Crippen molar-refractivity contribution in [3.05, 3.63) is 60.7 Å². The molecular formula is C16H16N4O. The Balaban J connectivity index is 2.14. The Morgan fingerprint density at radius 3 is 2.86 bits per heavy atom. The fourth-order valence-electron chi connectivity index (χ4n) is 2.34. The molecule has 0 fully saturated rings. The summed E-state index contributed by atoms with van der Waals surface area (Å²) in [5.74, 6) is 0.489. The van der Waals surface area contributed by atoms with E-state index in [4.69, 9.17) is 10.5 Å². The molecule has 3 aromatic rings. The van der Waals surface area contributed by atoms with Gasteiger partial charge in [-0.3, -0.25) is 4.57 Å². The third-order valence-electron chi connectivity index (χ3n) is 3.30. The van der Waals surface area contributed by atoms with E-state index < -0.39 is 0 Å². The number of nitrogens with two attached hydrogens (primary N) is 1. The zero-order chi connectivity index (χ0) is 14.7. The van der Waals surface area contributed by atoms with E-state index in [1.54, 1.807) is 25.8 Å². The molecule has 2 aromatic heterocycles. The van der Waals surface area contributed by atoms with E-state index in [-0.39, 0.29) is 0 Å². The van der Waals surface area contributed by atoms with Crippen LogP contribution in [0.2, 0.25) is 0 Å². The molecule has 3 rings (SSSR count). The number of ether oxygens (including phenoxy) is 1. The van der Waals surface area contributed by atoms with E-state index in [0.29, 0.717) is 12.4 Å². The van der Waals surface area contributed by atoms with Crippen LogP contribution in [-0.2, 0) is 11.3 Å². The summed E-state index contributed by atoms with van der Waals surface area (Å²) in [5, 5.41) is 0. The van der Waals surface area contributed by atoms with Crippen LogP contribution >= 0.6 is 0 Å². The summed E-state index contributed by atoms with van der Waals surface area (Å²) in [4.78, 5) is 8.40. The Kier molecular flexibility index (Phi) is 3.66. The minimum Gasteiger partial charge on any atom is -0.383 e. The van der Waals surface area contributed by atoms with Crippen LogP contribution in [0, 0.1) is 0 Å². The maximum atomic E-state index is 5.98. The number of anilines is 1. The first-order valence-electron chi connectivity index (χ1n) is 6.61. The average Bonchev–Trinajstić information content (AvgIpc) is 2.98. The number of imidazole rings is 1. The van der Waals surface area contributed by atoms with Gasteiger partial charge < -0.3 is 10.5 Å². The summed E-state index contributed by atoms with van der Waals surface area (Å²) in [5.41, 5.74) is 9.86. The third kappa shape index (κ3) is 2.51. The SMILES string of the molecule is COCc1ccccc1-n1cncc1-c1cccnc1N. The first-order chi connectivity index (χ1) is 10.3. The highest BCUT2D eigenvalue weighted by atomic mass is 16.5. The fraction of sp³-hybridized carbons (Fsp3) is 0.125. The van der Waals surface area contributed by atoms with Crippen molar-refractivity contribution in [2.75, 3.05) is 12.8 Å². The topological polar surface area (TPSA) is 66.0 Å². The monoisotopic (exact) mass is 280 g/mol. The second-order valence-electron chi connectivity index (χ2n) is 4.65. The molecular weight excluding hydrogens is 264 g/mol. The van der Waals surface area contributed by atoms with E-state index in [1.807, 2.05) is 41.0 Å². The molecule has 0 atom stereocenters. The van der Waals surface area contributed by atoms with Crippen LogP contribution in [-0.4, -0.2) is 21.6 Å². The summed E-state index contributed by atoms with van der Waals surface area (Å²) in [7, 11) is 1.69. The zero-order valence-electron chi connectivity index (χ0n) is 11.7. The lowest BCUT2D eigenvalue weighted by atomic mass is 10.1. The van der Waals surface area contributed by atoms with E-state index in [2.05, 4.69) is 9.97 Å². The van der Waals surface area contributed by atoms with Crippen molar-refractivity contribution in [2.24, 2.45) is 0 Å². The lowest BCUT2D eigenvalue weighted by molar-refractivity contribution is 0.185. The minimum atomic E-state index is 0.489. The summed E-state index contributed by atoms with van der Waals surface area (Å²) in [6.07, 6.45) is 5.24. The van der Waals surface area contributed by atoms with Gasteiger partial charge in [-0.25, -0.2) is 9.97 Å². The number of hydrogen-bond acceptors (Lipinski definition) is 4. The molecule has 0 saturated heterocycles. The molecule has 5 nitrogen and oxygen atoms in total. The van der Waals surface area contributed by atoms with Crippen molar-refractivity contribution in [3.8, 4) is 16.9 Å². The van der Waals surface area contributed by atoms with Gasteiger partial charge in [0.05, 0.1) is 30.5 Å². The standard InChI is InChI=1S/C16H16N4O/c1-21-10-12-5-2-3-7-14(12)20-11-18-9-15(20)13-6-4-8-19-16(13)17/h2-9,11H,10H2,1H3,(H2,17,19). The van der Waals surface area contributed by atoms with Gasteiger partial charge in [-0.2, -0.15) is 0 Å². The molecule has 0 amide bonds. The van der Waals surface area contributed by atoms with Gasteiger partial charge in [-0.1, -0.05) is 18.2 Å². The molecule has 0 bridgehead atoms. The Morgan fingerprint density at radius 1 is 1.19 bits per heavy atom. The molecule has 2 N–H and O–H groups in total. The van der Waals surface area contributed by atoms with Crippen molar-refractivity contribution < 1.29 is 4.74 Å².